The Morgan fingerprint density at radius 1 is 1.12 bits per heavy atom. The fourth-order valence-corrected chi connectivity index (χ4v) is 4.03. The van der Waals surface area contributed by atoms with Crippen LogP contribution < -0.4 is 16.0 Å². The van der Waals surface area contributed by atoms with Gasteiger partial charge in [0.05, 0.1) is 23.3 Å². The number of nitrogen functional groups attached to an aromatic ring is 1. The average Bonchev–Trinajstić information content (AvgIpc) is 3.41. The molecule has 0 saturated carbocycles. The van der Waals surface area contributed by atoms with Crippen molar-refractivity contribution in [2.24, 2.45) is 0 Å². The van der Waals surface area contributed by atoms with Crippen LogP contribution in [0.15, 0.2) is 54.0 Å². The molecule has 0 unspecified atom stereocenters. The monoisotopic (exact) mass is 467 g/mol. The Morgan fingerprint density at radius 3 is 2.36 bits per heavy atom. The zero-order valence-corrected chi connectivity index (χ0v) is 20.6. The summed E-state index contributed by atoms with van der Waals surface area (Å²) in [6.45, 7) is 8.69. The predicted octanol–water partition coefficient (Wildman–Crippen LogP) is 4.63. The summed E-state index contributed by atoms with van der Waals surface area (Å²) in [4.78, 5) is 31.0. The first-order valence-electron chi connectivity index (χ1n) is 11.0. The third kappa shape index (κ3) is 7.32. The largest absolute Gasteiger partial charge is 0.397 e. The minimum atomic E-state index is 0.124. The summed E-state index contributed by atoms with van der Waals surface area (Å²) in [7, 11) is 1.88. The summed E-state index contributed by atoms with van der Waals surface area (Å²) >= 11 is 1.73. The second-order valence-electron chi connectivity index (χ2n) is 7.08. The van der Waals surface area contributed by atoms with Gasteiger partial charge in [-0.2, -0.15) is 0 Å². The van der Waals surface area contributed by atoms with Crippen molar-refractivity contribution in [3.05, 3.63) is 59.7 Å². The van der Waals surface area contributed by atoms with Crippen LogP contribution in [0.2, 0.25) is 0 Å². The molecule has 0 bridgehead atoms. The van der Waals surface area contributed by atoms with Crippen LogP contribution in [0.1, 0.15) is 31.3 Å². The quantitative estimate of drug-likeness (QED) is 0.429. The van der Waals surface area contributed by atoms with Crippen LogP contribution >= 0.6 is 11.3 Å². The maximum atomic E-state index is 11.2. The molecule has 4 rings (SSSR count). The lowest BCUT2D eigenvalue weighted by molar-refractivity contribution is -0.129. The Hall–Kier alpha value is -3.39. The standard InChI is InChI=1S/C12H15N3O2.C11H12N2S.C2H6/c1-10(17)14-4-6-15(7-5-14)12-3-2-11(9-16)13-8-12;1-13-10-7-8(4-5-9(10)12)11-3-2-6-14-11;1-2/h2-3,8-9H,4-7H2,1H3;2-7,13H,12H2,1H3;1-2H3. The van der Waals surface area contributed by atoms with Gasteiger partial charge in [0.25, 0.3) is 0 Å². The van der Waals surface area contributed by atoms with Gasteiger partial charge in [0.2, 0.25) is 5.91 Å². The number of hydrogen-bond donors (Lipinski definition) is 2. The van der Waals surface area contributed by atoms with Crippen molar-refractivity contribution in [3.63, 3.8) is 0 Å². The molecule has 3 aromatic rings. The average molecular weight is 468 g/mol. The first kappa shape index (κ1) is 25.9. The van der Waals surface area contributed by atoms with Crippen LogP contribution in [0.3, 0.4) is 0 Å². The number of anilines is 3. The van der Waals surface area contributed by atoms with E-state index in [1.54, 1.807) is 30.5 Å². The summed E-state index contributed by atoms with van der Waals surface area (Å²) < 4.78 is 0. The number of rotatable bonds is 4. The Balaban J connectivity index is 0.000000221. The van der Waals surface area contributed by atoms with Crippen molar-refractivity contribution in [2.75, 3.05) is 49.2 Å². The summed E-state index contributed by atoms with van der Waals surface area (Å²) in [5, 5.41) is 5.15. The number of carbonyl (C=O) groups is 2. The molecule has 3 N–H and O–H groups in total. The van der Waals surface area contributed by atoms with Crippen LogP contribution in [-0.2, 0) is 4.79 Å². The summed E-state index contributed by atoms with van der Waals surface area (Å²) in [5.41, 5.74) is 10.2. The van der Waals surface area contributed by atoms with Crippen LogP contribution in [-0.4, -0.2) is 55.3 Å². The van der Waals surface area contributed by atoms with Gasteiger partial charge in [0.1, 0.15) is 5.69 Å². The fraction of sp³-hybridized carbons (Fsp3) is 0.320. The Labute approximate surface area is 200 Å². The van der Waals surface area contributed by atoms with Crippen molar-refractivity contribution in [2.45, 2.75) is 20.8 Å². The third-order valence-electron chi connectivity index (χ3n) is 5.11. The van der Waals surface area contributed by atoms with E-state index in [9.17, 15) is 9.59 Å². The highest BCUT2D eigenvalue weighted by Crippen LogP contribution is 2.29. The van der Waals surface area contributed by atoms with Gasteiger partial charge in [0.15, 0.2) is 6.29 Å². The number of amides is 1. The van der Waals surface area contributed by atoms with Gasteiger partial charge in [-0.3, -0.25) is 14.6 Å². The number of aromatic nitrogens is 1. The molecule has 1 amide bonds. The van der Waals surface area contributed by atoms with E-state index in [-0.39, 0.29) is 5.91 Å². The molecule has 8 heteroatoms. The summed E-state index contributed by atoms with van der Waals surface area (Å²) in [6.07, 6.45) is 2.44. The highest BCUT2D eigenvalue weighted by molar-refractivity contribution is 7.13. The molecule has 1 aromatic carbocycles. The van der Waals surface area contributed by atoms with E-state index in [4.69, 9.17) is 5.73 Å². The number of hydrogen-bond acceptors (Lipinski definition) is 7. The molecular formula is C25H33N5O2S. The van der Waals surface area contributed by atoms with E-state index in [0.717, 1.165) is 49.5 Å². The van der Waals surface area contributed by atoms with Crippen molar-refractivity contribution >= 4 is 40.6 Å². The third-order valence-corrected chi connectivity index (χ3v) is 6.03. The van der Waals surface area contributed by atoms with Crippen LogP contribution in [0.25, 0.3) is 10.4 Å². The summed E-state index contributed by atoms with van der Waals surface area (Å²) in [5.74, 6) is 0.124. The Morgan fingerprint density at radius 2 is 1.85 bits per heavy atom. The summed E-state index contributed by atoms with van der Waals surface area (Å²) in [6, 6.07) is 13.8. The molecular weight excluding hydrogens is 434 g/mol. The number of benzene rings is 1. The lowest BCUT2D eigenvalue weighted by Crippen LogP contribution is -2.48. The molecule has 33 heavy (non-hydrogen) atoms. The van der Waals surface area contributed by atoms with Gasteiger partial charge in [-0.1, -0.05) is 26.0 Å². The number of thiophene rings is 1. The molecule has 7 nitrogen and oxygen atoms in total. The first-order valence-corrected chi connectivity index (χ1v) is 11.9. The molecule has 0 aliphatic carbocycles. The number of carbonyl (C=O) groups excluding carboxylic acids is 2. The zero-order chi connectivity index (χ0) is 24.2. The zero-order valence-electron chi connectivity index (χ0n) is 19.7. The van der Waals surface area contributed by atoms with Crippen LogP contribution in [0.5, 0.6) is 0 Å². The van der Waals surface area contributed by atoms with Gasteiger partial charge >= 0.3 is 0 Å². The molecule has 1 fully saturated rings. The van der Waals surface area contributed by atoms with Crippen molar-refractivity contribution in [1.82, 2.24) is 9.88 Å². The first-order chi connectivity index (χ1) is 16.0. The van der Waals surface area contributed by atoms with Gasteiger partial charge in [0, 0.05) is 45.0 Å². The van der Waals surface area contributed by atoms with E-state index in [2.05, 4.69) is 38.8 Å². The van der Waals surface area contributed by atoms with Gasteiger partial charge in [-0.25, -0.2) is 0 Å². The molecule has 0 radical (unpaired) electrons. The van der Waals surface area contributed by atoms with Gasteiger partial charge in [-0.05, 0) is 41.3 Å². The molecule has 2 aromatic heterocycles. The minimum absolute atomic E-state index is 0.124. The van der Waals surface area contributed by atoms with Crippen molar-refractivity contribution in [1.29, 1.82) is 0 Å². The van der Waals surface area contributed by atoms with Crippen molar-refractivity contribution < 1.29 is 9.59 Å². The van der Waals surface area contributed by atoms with Gasteiger partial charge < -0.3 is 20.9 Å². The maximum absolute atomic E-state index is 11.2. The molecule has 3 heterocycles. The molecule has 1 saturated heterocycles. The minimum Gasteiger partial charge on any atom is -0.397 e. The number of pyridine rings is 1. The number of aldehydes is 1. The second kappa shape index (κ2) is 13.2. The highest BCUT2D eigenvalue weighted by Gasteiger charge is 2.18. The fourth-order valence-electron chi connectivity index (χ4n) is 3.30. The lowest BCUT2D eigenvalue weighted by atomic mass is 10.1. The molecule has 1 aliphatic rings. The van der Waals surface area contributed by atoms with Crippen molar-refractivity contribution in [3.8, 4) is 10.4 Å². The number of nitrogens with one attached hydrogen (secondary N) is 1. The Bertz CT molecular complexity index is 998. The maximum Gasteiger partial charge on any atom is 0.219 e. The van der Waals surface area contributed by atoms with E-state index in [1.807, 2.05) is 44.0 Å². The van der Waals surface area contributed by atoms with E-state index >= 15 is 0 Å². The SMILES string of the molecule is CC.CC(=O)N1CCN(c2ccc(C=O)nc2)CC1.CNc1cc(-c2cccs2)ccc1N. The smallest absolute Gasteiger partial charge is 0.219 e. The predicted molar refractivity (Wildman–Crippen MR) is 139 cm³/mol. The Kier molecular flexibility index (Phi) is 10.4. The molecule has 0 atom stereocenters. The normalized spacial score (nSPS) is 12.6. The van der Waals surface area contributed by atoms with E-state index in [0.29, 0.717) is 5.69 Å². The van der Waals surface area contributed by atoms with Crippen LogP contribution in [0, 0.1) is 0 Å². The highest BCUT2D eigenvalue weighted by atomic mass is 32.1. The molecule has 176 valence electrons. The number of nitrogens with zero attached hydrogens (tertiary/aromatic N) is 3. The topological polar surface area (TPSA) is 91.6 Å². The number of piperazine rings is 1. The molecule has 0 spiro atoms. The lowest BCUT2D eigenvalue weighted by Gasteiger charge is -2.35. The number of nitrogens with two attached hydrogens (primary N) is 1. The van der Waals surface area contributed by atoms with Crippen LogP contribution in [0.4, 0.5) is 17.1 Å². The van der Waals surface area contributed by atoms with Gasteiger partial charge in [-0.15, -0.1) is 11.3 Å². The second-order valence-corrected chi connectivity index (χ2v) is 8.03. The van der Waals surface area contributed by atoms with E-state index in [1.165, 1.54) is 10.4 Å². The molecule has 1 aliphatic heterocycles. The van der Waals surface area contributed by atoms with E-state index < -0.39 is 0 Å².